The Morgan fingerprint density at radius 1 is 1.04 bits per heavy atom. The van der Waals surface area contributed by atoms with Crippen molar-refractivity contribution < 1.29 is 9.59 Å². The van der Waals surface area contributed by atoms with Gasteiger partial charge in [0.2, 0.25) is 11.8 Å². The van der Waals surface area contributed by atoms with Gasteiger partial charge in [-0.25, -0.2) is 0 Å². The molecule has 2 amide bonds. The fourth-order valence-corrected chi connectivity index (χ4v) is 3.98. The lowest BCUT2D eigenvalue weighted by Gasteiger charge is -2.32. The van der Waals surface area contributed by atoms with E-state index in [1.54, 1.807) is 0 Å². The third-order valence-electron chi connectivity index (χ3n) is 5.75. The van der Waals surface area contributed by atoms with Crippen LogP contribution in [0.1, 0.15) is 44.1 Å². The summed E-state index contributed by atoms with van der Waals surface area (Å²) in [4.78, 5) is 26.8. The number of hydrogen-bond acceptors (Lipinski definition) is 3. The second-order valence-electron chi connectivity index (χ2n) is 7.59. The van der Waals surface area contributed by atoms with Crippen molar-refractivity contribution >= 4 is 11.8 Å². The van der Waals surface area contributed by atoms with Crippen molar-refractivity contribution in [2.24, 2.45) is 11.8 Å². The number of nitrogens with one attached hydrogen (secondary N) is 2. The lowest BCUT2D eigenvalue weighted by molar-refractivity contribution is -0.136. The number of benzene rings is 1. The van der Waals surface area contributed by atoms with Gasteiger partial charge in [0.15, 0.2) is 0 Å². The summed E-state index contributed by atoms with van der Waals surface area (Å²) in [6, 6.07) is 9.97. The molecular weight excluding hydrogens is 326 g/mol. The van der Waals surface area contributed by atoms with Gasteiger partial charge in [-0.2, -0.15) is 0 Å². The largest absolute Gasteiger partial charge is 0.352 e. The van der Waals surface area contributed by atoms with Crippen molar-refractivity contribution in [2.75, 3.05) is 26.2 Å². The Bertz CT molecular complexity index is 576. The molecule has 2 aliphatic heterocycles. The summed E-state index contributed by atoms with van der Waals surface area (Å²) in [5.41, 5.74) is 1.12. The Balaban J connectivity index is 1.35. The number of piperidine rings is 2. The van der Waals surface area contributed by atoms with Gasteiger partial charge in [-0.1, -0.05) is 30.3 Å². The molecule has 26 heavy (non-hydrogen) atoms. The lowest BCUT2D eigenvalue weighted by atomic mass is 9.92. The molecule has 2 fully saturated rings. The van der Waals surface area contributed by atoms with Crippen LogP contribution in [0.15, 0.2) is 30.3 Å². The fourth-order valence-electron chi connectivity index (χ4n) is 3.98. The van der Waals surface area contributed by atoms with Gasteiger partial charge < -0.3 is 15.5 Å². The first-order chi connectivity index (χ1) is 12.7. The normalized spacial score (nSPS) is 19.3. The van der Waals surface area contributed by atoms with Crippen LogP contribution in [0.5, 0.6) is 0 Å². The van der Waals surface area contributed by atoms with Crippen LogP contribution >= 0.6 is 0 Å². The van der Waals surface area contributed by atoms with E-state index in [0.717, 1.165) is 37.9 Å². The average Bonchev–Trinajstić information content (AvgIpc) is 2.72. The Labute approximate surface area is 156 Å². The Hall–Kier alpha value is -1.88. The number of hydrogen-bond donors (Lipinski definition) is 2. The predicted molar refractivity (Wildman–Crippen MR) is 102 cm³/mol. The van der Waals surface area contributed by atoms with E-state index in [0.29, 0.717) is 32.0 Å². The van der Waals surface area contributed by atoms with Crippen LogP contribution in [0.2, 0.25) is 0 Å². The van der Waals surface area contributed by atoms with Gasteiger partial charge in [-0.3, -0.25) is 9.59 Å². The molecule has 2 saturated heterocycles. The van der Waals surface area contributed by atoms with E-state index < -0.39 is 0 Å². The second-order valence-corrected chi connectivity index (χ2v) is 7.59. The standard InChI is InChI=1S/C21H31N3O2/c25-20(7-6-17-8-12-22-13-9-17)24-14-10-19(11-15-24)21(26)23-16-18-4-2-1-3-5-18/h1-5,17,19,22H,6-16H2,(H,23,26). The molecule has 1 aromatic rings. The highest BCUT2D eigenvalue weighted by molar-refractivity contribution is 5.80. The zero-order valence-electron chi connectivity index (χ0n) is 15.6. The predicted octanol–water partition coefficient (Wildman–Crippen LogP) is 2.32. The molecule has 142 valence electrons. The van der Waals surface area contributed by atoms with Gasteiger partial charge in [0.25, 0.3) is 0 Å². The van der Waals surface area contributed by atoms with Gasteiger partial charge in [-0.05, 0) is 56.7 Å². The number of carbonyl (C=O) groups excluding carboxylic acids is 2. The zero-order chi connectivity index (χ0) is 18.2. The second kappa shape index (κ2) is 9.72. The van der Waals surface area contributed by atoms with Crippen LogP contribution in [0.4, 0.5) is 0 Å². The molecule has 1 aromatic carbocycles. The molecule has 5 nitrogen and oxygen atoms in total. The van der Waals surface area contributed by atoms with E-state index in [9.17, 15) is 9.59 Å². The van der Waals surface area contributed by atoms with Gasteiger partial charge in [0.05, 0.1) is 0 Å². The maximum absolute atomic E-state index is 12.4. The first kappa shape index (κ1) is 18.9. The number of carbonyl (C=O) groups is 2. The molecule has 0 radical (unpaired) electrons. The van der Waals surface area contributed by atoms with Crippen LogP contribution < -0.4 is 10.6 Å². The number of likely N-dealkylation sites (tertiary alicyclic amines) is 1. The number of amides is 2. The van der Waals surface area contributed by atoms with Crippen molar-refractivity contribution in [1.82, 2.24) is 15.5 Å². The van der Waals surface area contributed by atoms with Crippen molar-refractivity contribution in [2.45, 2.75) is 45.1 Å². The highest BCUT2D eigenvalue weighted by atomic mass is 16.2. The summed E-state index contributed by atoms with van der Waals surface area (Å²) in [6.07, 6.45) is 5.61. The first-order valence-electron chi connectivity index (χ1n) is 10.0. The smallest absolute Gasteiger partial charge is 0.223 e. The minimum Gasteiger partial charge on any atom is -0.352 e. The van der Waals surface area contributed by atoms with Gasteiger partial charge >= 0.3 is 0 Å². The highest BCUT2D eigenvalue weighted by Crippen LogP contribution is 2.21. The summed E-state index contributed by atoms with van der Waals surface area (Å²) >= 11 is 0. The molecule has 0 unspecified atom stereocenters. The molecular formula is C21H31N3O2. The average molecular weight is 357 g/mol. The first-order valence-corrected chi connectivity index (χ1v) is 10.0. The Morgan fingerprint density at radius 3 is 2.42 bits per heavy atom. The minimum atomic E-state index is 0.0344. The summed E-state index contributed by atoms with van der Waals surface area (Å²) < 4.78 is 0. The zero-order valence-corrected chi connectivity index (χ0v) is 15.6. The van der Waals surface area contributed by atoms with E-state index >= 15 is 0 Å². The third kappa shape index (κ3) is 5.56. The maximum Gasteiger partial charge on any atom is 0.223 e. The summed E-state index contributed by atoms with van der Waals surface area (Å²) in [7, 11) is 0. The SMILES string of the molecule is O=C(NCc1ccccc1)C1CCN(C(=O)CCC2CCNCC2)CC1. The van der Waals surface area contributed by atoms with Crippen LogP contribution in [-0.2, 0) is 16.1 Å². The number of nitrogens with zero attached hydrogens (tertiary/aromatic N) is 1. The van der Waals surface area contributed by atoms with Crippen LogP contribution in [-0.4, -0.2) is 42.9 Å². The minimum absolute atomic E-state index is 0.0344. The molecule has 3 rings (SSSR count). The van der Waals surface area contributed by atoms with E-state index in [1.165, 1.54) is 12.8 Å². The molecule has 2 N–H and O–H groups in total. The van der Waals surface area contributed by atoms with Crippen molar-refractivity contribution in [3.8, 4) is 0 Å². The summed E-state index contributed by atoms with van der Waals surface area (Å²) in [6.45, 7) is 4.18. The van der Waals surface area contributed by atoms with Crippen molar-refractivity contribution in [1.29, 1.82) is 0 Å². The molecule has 0 aromatic heterocycles. The van der Waals surface area contributed by atoms with E-state index in [4.69, 9.17) is 0 Å². The van der Waals surface area contributed by atoms with Crippen LogP contribution in [0.25, 0.3) is 0 Å². The van der Waals surface area contributed by atoms with Gasteiger partial charge in [0.1, 0.15) is 0 Å². The summed E-state index contributed by atoms with van der Waals surface area (Å²) in [5.74, 6) is 1.12. The molecule has 0 saturated carbocycles. The van der Waals surface area contributed by atoms with Crippen LogP contribution in [0.3, 0.4) is 0 Å². The topological polar surface area (TPSA) is 61.4 Å². The van der Waals surface area contributed by atoms with Crippen molar-refractivity contribution in [3.63, 3.8) is 0 Å². The molecule has 0 bridgehead atoms. The van der Waals surface area contributed by atoms with Crippen molar-refractivity contribution in [3.05, 3.63) is 35.9 Å². The van der Waals surface area contributed by atoms with Crippen LogP contribution in [0, 0.1) is 11.8 Å². The fraction of sp³-hybridized carbons (Fsp3) is 0.619. The number of rotatable bonds is 6. The Morgan fingerprint density at radius 2 is 1.73 bits per heavy atom. The van der Waals surface area contributed by atoms with E-state index in [-0.39, 0.29) is 17.7 Å². The molecule has 0 spiro atoms. The van der Waals surface area contributed by atoms with Gasteiger partial charge in [0, 0.05) is 32.0 Å². The highest BCUT2D eigenvalue weighted by Gasteiger charge is 2.27. The molecule has 0 aliphatic carbocycles. The van der Waals surface area contributed by atoms with Gasteiger partial charge in [-0.15, -0.1) is 0 Å². The lowest BCUT2D eigenvalue weighted by Crippen LogP contribution is -2.43. The molecule has 2 heterocycles. The Kier molecular flexibility index (Phi) is 7.06. The molecule has 0 atom stereocenters. The monoisotopic (exact) mass is 357 g/mol. The summed E-state index contributed by atoms with van der Waals surface area (Å²) in [5, 5.41) is 6.40. The molecule has 5 heteroatoms. The maximum atomic E-state index is 12.4. The molecule has 2 aliphatic rings. The van der Waals surface area contributed by atoms with E-state index in [2.05, 4.69) is 10.6 Å². The third-order valence-corrected chi connectivity index (χ3v) is 5.75. The van der Waals surface area contributed by atoms with E-state index in [1.807, 2.05) is 35.2 Å². The quantitative estimate of drug-likeness (QED) is 0.821.